The lowest BCUT2D eigenvalue weighted by Crippen LogP contribution is -2.55. The Balaban J connectivity index is 1.15. The number of rotatable bonds is 19. The summed E-state index contributed by atoms with van der Waals surface area (Å²) in [6, 6.07) is 10.2. The van der Waals surface area contributed by atoms with Gasteiger partial charge in [-0.3, -0.25) is 29.0 Å². The van der Waals surface area contributed by atoms with Crippen molar-refractivity contribution >= 4 is 41.5 Å². The Labute approximate surface area is 336 Å². The molecule has 0 spiro atoms. The third-order valence-electron chi connectivity index (χ3n) is 12.0. The van der Waals surface area contributed by atoms with E-state index in [-0.39, 0.29) is 43.3 Å². The second-order valence-corrected chi connectivity index (χ2v) is 15.8. The summed E-state index contributed by atoms with van der Waals surface area (Å²) < 4.78 is 5.86. The summed E-state index contributed by atoms with van der Waals surface area (Å²) in [5.74, 6) is -4.26. The fraction of sp³-hybridized carbons (Fsp3) is 0.537. The summed E-state index contributed by atoms with van der Waals surface area (Å²) in [5.41, 5.74) is 13.9. The van der Waals surface area contributed by atoms with Gasteiger partial charge in [0.25, 0.3) is 5.91 Å². The summed E-state index contributed by atoms with van der Waals surface area (Å²) in [4.78, 5) is 79.6. The van der Waals surface area contributed by atoms with Crippen molar-refractivity contribution in [3.8, 4) is 5.75 Å². The number of carboxylic acids is 2. The molecule has 0 aromatic heterocycles. The lowest BCUT2D eigenvalue weighted by atomic mass is 9.55. The number of guanidine groups is 1. The van der Waals surface area contributed by atoms with Gasteiger partial charge in [0.05, 0.1) is 19.1 Å². The maximum absolute atomic E-state index is 13.3. The molecule has 11 N–H and O–H groups in total. The minimum absolute atomic E-state index is 0.0115. The molecular weight excluding hydrogens is 750 g/mol. The van der Waals surface area contributed by atoms with Gasteiger partial charge < -0.3 is 52.8 Å². The van der Waals surface area contributed by atoms with Crippen molar-refractivity contribution in [2.75, 3.05) is 19.7 Å². The largest absolute Gasteiger partial charge is 0.484 e. The van der Waals surface area contributed by atoms with Gasteiger partial charge in [-0.25, -0.2) is 4.79 Å². The van der Waals surface area contributed by atoms with Crippen LogP contribution in [0, 0.1) is 17.3 Å². The summed E-state index contributed by atoms with van der Waals surface area (Å²) in [6.07, 6.45) is 5.05. The van der Waals surface area contributed by atoms with E-state index >= 15 is 0 Å². The summed E-state index contributed by atoms with van der Waals surface area (Å²) in [6.45, 7) is 1.32. The standard InChI is InChI=1S/C41H55N7O10/c1-41-16-15-27-26-12-10-25(19-24(26)9-11-28(27)29(41)13-14-33(41)49)58-22-35(51)46-30(8-5-17-44-40(42)43)37(54)45-21-34(50)47-31(20-36(52)53)38(55)48-32(39(56)57)18-23-6-3-2-4-7-23/h2-4,6-7,10,12,19,27-33,49H,5,8-9,11,13-18,20-22H2,1H3,(H,45,54)(H,46,51)(H,47,50)(H,48,55)(H,52,53)(H,56,57)(H4,42,43,44)/t27-,28-,29+,30+,31+,32+,33?,41+/m1/s1. The molecule has 2 aromatic carbocycles. The number of fused-ring (bicyclic) bond motifs is 5. The number of carboxylic acid groups (broad SMARTS) is 2. The average molecular weight is 806 g/mol. The van der Waals surface area contributed by atoms with Crippen molar-refractivity contribution in [2.24, 2.45) is 33.7 Å². The number of hydrogen-bond donors (Lipinski definition) is 9. The molecule has 2 saturated carbocycles. The van der Waals surface area contributed by atoms with Crippen LogP contribution in [0.2, 0.25) is 0 Å². The number of aliphatic imine (C=N–C) groups is 1. The van der Waals surface area contributed by atoms with E-state index in [1.54, 1.807) is 30.3 Å². The minimum atomic E-state index is -1.66. The van der Waals surface area contributed by atoms with Crippen molar-refractivity contribution in [1.82, 2.24) is 21.3 Å². The van der Waals surface area contributed by atoms with E-state index < -0.39 is 73.3 Å². The number of nitrogens with zero attached hydrogens (tertiary/aromatic N) is 1. The highest BCUT2D eigenvalue weighted by molar-refractivity contribution is 5.95. The molecule has 17 nitrogen and oxygen atoms in total. The number of carbonyl (C=O) groups is 6. The van der Waals surface area contributed by atoms with Gasteiger partial charge in [0.1, 0.15) is 23.9 Å². The number of hydrogen-bond acceptors (Lipinski definition) is 9. The van der Waals surface area contributed by atoms with Gasteiger partial charge in [-0.2, -0.15) is 0 Å². The first-order valence-corrected chi connectivity index (χ1v) is 19.8. The van der Waals surface area contributed by atoms with Crippen LogP contribution in [-0.2, 0) is 41.6 Å². The summed E-state index contributed by atoms with van der Waals surface area (Å²) in [7, 11) is 0. The SMILES string of the molecule is C[C@]12CC[C@@H]3c4ccc(OCC(=O)N[C@@H](CCCN=C(N)N)C(=O)NCC(=O)N[C@@H](CC(=O)O)C(=O)N[C@@H](Cc5ccccc5)C(=O)O)cc4CC[C@H]3[C@@H]1CCC2O. The van der Waals surface area contributed by atoms with E-state index in [0.29, 0.717) is 29.1 Å². The highest BCUT2D eigenvalue weighted by Crippen LogP contribution is 2.60. The molecule has 2 aromatic rings. The molecule has 5 rings (SSSR count). The molecule has 2 fully saturated rings. The molecule has 314 valence electrons. The van der Waals surface area contributed by atoms with E-state index in [9.17, 15) is 44.1 Å². The number of amides is 4. The topological polar surface area (TPSA) is 285 Å². The number of aryl methyl sites for hydroxylation is 1. The van der Waals surface area contributed by atoms with Crippen LogP contribution in [0.5, 0.6) is 5.75 Å². The Morgan fingerprint density at radius 2 is 1.64 bits per heavy atom. The molecular formula is C41H55N7O10. The number of aliphatic hydroxyl groups excluding tert-OH is 1. The lowest BCUT2D eigenvalue weighted by molar-refractivity contribution is -0.143. The molecule has 4 amide bonds. The van der Waals surface area contributed by atoms with Crippen LogP contribution in [-0.4, -0.2) is 101 Å². The maximum Gasteiger partial charge on any atom is 0.326 e. The first kappa shape index (κ1) is 43.4. The van der Waals surface area contributed by atoms with E-state index in [0.717, 1.165) is 38.5 Å². The minimum Gasteiger partial charge on any atom is -0.484 e. The molecule has 3 aliphatic carbocycles. The molecule has 1 unspecified atom stereocenters. The van der Waals surface area contributed by atoms with Gasteiger partial charge in [-0.05, 0) is 103 Å². The van der Waals surface area contributed by atoms with E-state index in [2.05, 4.69) is 39.2 Å². The third-order valence-corrected chi connectivity index (χ3v) is 12.0. The first-order valence-electron chi connectivity index (χ1n) is 19.8. The number of ether oxygens (including phenoxy) is 1. The Morgan fingerprint density at radius 3 is 2.34 bits per heavy atom. The van der Waals surface area contributed by atoms with E-state index in [1.165, 1.54) is 11.1 Å². The summed E-state index contributed by atoms with van der Waals surface area (Å²) in [5, 5.41) is 39.3. The zero-order chi connectivity index (χ0) is 42.0. The highest BCUT2D eigenvalue weighted by atomic mass is 16.5. The molecule has 8 atom stereocenters. The quantitative estimate of drug-likeness (QED) is 0.0539. The molecule has 0 bridgehead atoms. The van der Waals surface area contributed by atoms with Crippen LogP contribution in [0.4, 0.5) is 0 Å². The zero-order valence-electron chi connectivity index (χ0n) is 32.7. The van der Waals surface area contributed by atoms with Crippen LogP contribution >= 0.6 is 0 Å². The number of aliphatic hydroxyl groups is 1. The Hall–Kier alpha value is -5.71. The Morgan fingerprint density at radius 1 is 0.897 bits per heavy atom. The van der Waals surface area contributed by atoms with Crippen LogP contribution in [0.15, 0.2) is 53.5 Å². The number of benzene rings is 2. The third kappa shape index (κ3) is 11.2. The van der Waals surface area contributed by atoms with Crippen molar-refractivity contribution in [2.45, 2.75) is 101 Å². The predicted molar refractivity (Wildman–Crippen MR) is 211 cm³/mol. The van der Waals surface area contributed by atoms with Gasteiger partial charge in [-0.1, -0.05) is 43.3 Å². The Bertz CT molecular complexity index is 1850. The van der Waals surface area contributed by atoms with Crippen LogP contribution < -0.4 is 37.5 Å². The lowest BCUT2D eigenvalue weighted by Gasteiger charge is -2.50. The second kappa shape index (κ2) is 19.6. The monoisotopic (exact) mass is 805 g/mol. The molecule has 17 heteroatoms. The van der Waals surface area contributed by atoms with Crippen molar-refractivity contribution < 1.29 is 48.8 Å². The number of aliphatic carboxylic acids is 2. The van der Waals surface area contributed by atoms with Crippen LogP contribution in [0.1, 0.15) is 80.9 Å². The fourth-order valence-electron chi connectivity index (χ4n) is 9.02. The average Bonchev–Trinajstić information content (AvgIpc) is 3.50. The van der Waals surface area contributed by atoms with Crippen molar-refractivity contribution in [3.05, 3.63) is 65.2 Å². The van der Waals surface area contributed by atoms with E-state index in [4.69, 9.17) is 16.2 Å². The van der Waals surface area contributed by atoms with Gasteiger partial charge >= 0.3 is 11.9 Å². The molecule has 58 heavy (non-hydrogen) atoms. The maximum atomic E-state index is 13.3. The predicted octanol–water partition coefficient (Wildman–Crippen LogP) is 0.709. The van der Waals surface area contributed by atoms with Gasteiger partial charge in [0.2, 0.25) is 17.7 Å². The molecule has 3 aliphatic rings. The normalized spacial score (nSPS) is 23.3. The van der Waals surface area contributed by atoms with Crippen molar-refractivity contribution in [1.29, 1.82) is 0 Å². The van der Waals surface area contributed by atoms with Crippen LogP contribution in [0.25, 0.3) is 0 Å². The van der Waals surface area contributed by atoms with E-state index in [1.807, 2.05) is 12.1 Å². The summed E-state index contributed by atoms with van der Waals surface area (Å²) >= 11 is 0. The van der Waals surface area contributed by atoms with Crippen molar-refractivity contribution in [3.63, 3.8) is 0 Å². The van der Waals surface area contributed by atoms with Gasteiger partial charge in [-0.15, -0.1) is 0 Å². The van der Waals surface area contributed by atoms with Gasteiger partial charge in [0, 0.05) is 13.0 Å². The molecule has 0 heterocycles. The number of carbonyl (C=O) groups excluding carboxylic acids is 4. The number of nitrogens with one attached hydrogen (secondary N) is 4. The van der Waals surface area contributed by atoms with Crippen LogP contribution in [0.3, 0.4) is 0 Å². The smallest absolute Gasteiger partial charge is 0.326 e. The molecule has 0 radical (unpaired) electrons. The Kier molecular flexibility index (Phi) is 14.7. The van der Waals surface area contributed by atoms with Gasteiger partial charge in [0.15, 0.2) is 12.6 Å². The molecule has 0 aliphatic heterocycles. The fourth-order valence-corrected chi connectivity index (χ4v) is 9.02. The first-order chi connectivity index (χ1) is 27.6. The zero-order valence-corrected chi connectivity index (χ0v) is 32.7. The number of nitrogens with two attached hydrogens (primary N) is 2. The second-order valence-electron chi connectivity index (χ2n) is 15.8. The molecule has 0 saturated heterocycles. The highest BCUT2D eigenvalue weighted by Gasteiger charge is 2.54.